The Labute approximate surface area is 397 Å². The molecule has 8 saturated carbocycles. The van der Waals surface area contributed by atoms with Crippen molar-refractivity contribution in [1.29, 1.82) is 0 Å². The molecule has 11 heteroatoms. The maximum atomic E-state index is 11.5. The third kappa shape index (κ3) is 10.6. The predicted octanol–water partition coefficient (Wildman–Crippen LogP) is 11.5. The Morgan fingerprint density at radius 2 is 0.938 bits per heavy atom. The lowest BCUT2D eigenvalue weighted by Gasteiger charge is -2.64. The molecule has 8 fully saturated rings. The van der Waals surface area contributed by atoms with E-state index in [0.29, 0.717) is 77.4 Å². The van der Waals surface area contributed by atoms with Gasteiger partial charge in [0.1, 0.15) is 0 Å². The molecule has 0 aromatic heterocycles. The fourth-order valence-electron chi connectivity index (χ4n) is 18.3. The smallest absolute Gasteiger partial charge is 0.397 e. The van der Waals surface area contributed by atoms with Crippen molar-refractivity contribution in [2.24, 2.45) is 105 Å². The van der Waals surface area contributed by atoms with Gasteiger partial charge >= 0.3 is 16.4 Å². The molecule has 22 atom stereocenters. The molecule has 8 aliphatic carbocycles. The molecule has 0 aromatic carbocycles. The minimum Gasteiger partial charge on any atom is -0.481 e. The zero-order valence-corrected chi connectivity index (χ0v) is 43.2. The third-order valence-electron chi connectivity index (χ3n) is 21.4. The van der Waals surface area contributed by atoms with Crippen molar-refractivity contribution < 1.29 is 47.5 Å². The van der Waals surface area contributed by atoms with Gasteiger partial charge in [-0.2, -0.15) is 8.42 Å². The molecule has 6 unspecified atom stereocenters. The van der Waals surface area contributed by atoms with Gasteiger partial charge in [-0.1, -0.05) is 90.5 Å². The van der Waals surface area contributed by atoms with E-state index >= 15 is 0 Å². The lowest BCUT2D eigenvalue weighted by Crippen LogP contribution is -2.61. The van der Waals surface area contributed by atoms with Gasteiger partial charge in [-0.25, -0.2) is 4.18 Å². The quantitative estimate of drug-likeness (QED) is 0.122. The van der Waals surface area contributed by atoms with Crippen LogP contribution in [0.4, 0.5) is 0 Å². The summed E-state index contributed by atoms with van der Waals surface area (Å²) >= 11 is 0. The summed E-state index contributed by atoms with van der Waals surface area (Å²) in [5.74, 6) is 5.22. The number of rotatable bonds is 9. The zero-order chi connectivity index (χ0) is 47.9. The standard InChI is InChI=1S/C25H42O4.C24H42O6S.2C2H6.CH4/c1-14(5-8-21(27)28)17-6-7-18-22-19(10-12-24(17,18)3)25(4)11-9-16(26)13-20(25)15(2)23(22)29;1-14(9-12-30-31(27,28)29)17-5-6-18-21-19(8-11-23(17,18)3)24(4)10-7-16(25)13-20(24)15(2)22(21)26;2*1-2;/h14-20,22-23,26,29H,5-13H2,1-4H3,(H,27,28);14-22,25-26H,5-13H2,1-4H3,(H,27,28,29);2*1-2H3;1H4/t14-,15-,16-,17-,18?,19?,20+,22?,23-,24-,25-;14-,15-,16-,17-,18?,19?,20+,21?,22-,23-,24-;;;/m11.../s1. The maximum absolute atomic E-state index is 11.5. The number of aliphatic hydroxyl groups excluding tert-OH is 4. The summed E-state index contributed by atoms with van der Waals surface area (Å²) in [5.41, 5.74) is 0.835. The van der Waals surface area contributed by atoms with E-state index in [0.717, 1.165) is 70.6 Å². The first-order valence-electron chi connectivity index (χ1n) is 26.5. The van der Waals surface area contributed by atoms with Crippen molar-refractivity contribution >= 4 is 16.4 Å². The van der Waals surface area contributed by atoms with Crippen LogP contribution in [0, 0.1) is 105 Å². The fourth-order valence-corrected chi connectivity index (χ4v) is 18.6. The van der Waals surface area contributed by atoms with Gasteiger partial charge in [-0.15, -0.1) is 0 Å². The summed E-state index contributed by atoms with van der Waals surface area (Å²) < 4.78 is 35.3. The molecule has 0 heterocycles. The van der Waals surface area contributed by atoms with E-state index < -0.39 is 16.4 Å². The summed E-state index contributed by atoms with van der Waals surface area (Å²) in [6.45, 7) is 26.7. The first-order chi connectivity index (χ1) is 30.0. The molecular weight excluding hydrogens is 841 g/mol. The average molecular weight is 941 g/mol. The Hall–Kier alpha value is -0.820. The Kier molecular flexibility index (Phi) is 19.3. The van der Waals surface area contributed by atoms with E-state index in [1.54, 1.807) is 0 Å². The van der Waals surface area contributed by atoms with Gasteiger partial charge in [0.15, 0.2) is 0 Å². The largest absolute Gasteiger partial charge is 0.481 e. The summed E-state index contributed by atoms with van der Waals surface area (Å²) in [6, 6.07) is 0. The number of aliphatic hydroxyl groups is 4. The maximum Gasteiger partial charge on any atom is 0.397 e. The highest BCUT2D eigenvalue weighted by atomic mass is 32.3. The molecule has 0 aromatic rings. The summed E-state index contributed by atoms with van der Waals surface area (Å²) in [7, 11) is -4.38. The molecule has 8 aliphatic rings. The lowest BCUT2D eigenvalue weighted by atomic mass is 9.42. The van der Waals surface area contributed by atoms with E-state index in [1.165, 1.54) is 25.7 Å². The normalized spacial score (nSPS) is 48.1. The minimum absolute atomic E-state index is 0. The van der Waals surface area contributed by atoms with Crippen molar-refractivity contribution in [3.63, 3.8) is 0 Å². The molecule has 0 amide bonds. The van der Waals surface area contributed by atoms with Crippen LogP contribution >= 0.6 is 0 Å². The molecule has 8 rings (SSSR count). The number of carboxylic acid groups (broad SMARTS) is 1. The van der Waals surface area contributed by atoms with Crippen molar-refractivity contribution in [3.05, 3.63) is 0 Å². The van der Waals surface area contributed by atoms with Gasteiger partial charge in [0.05, 0.1) is 31.0 Å². The van der Waals surface area contributed by atoms with Crippen molar-refractivity contribution in [2.75, 3.05) is 6.61 Å². The highest BCUT2D eigenvalue weighted by Crippen LogP contribution is 2.71. The van der Waals surface area contributed by atoms with Crippen LogP contribution in [0.2, 0.25) is 0 Å². The van der Waals surface area contributed by atoms with Crippen LogP contribution in [0.5, 0.6) is 0 Å². The summed E-state index contributed by atoms with van der Waals surface area (Å²) in [6.07, 6.45) is 15.6. The number of hydrogen-bond donors (Lipinski definition) is 6. The number of carbonyl (C=O) groups is 1. The second-order valence-corrected chi connectivity index (χ2v) is 24.8. The Morgan fingerprint density at radius 3 is 1.31 bits per heavy atom. The minimum atomic E-state index is -4.38. The molecule has 0 bridgehead atoms. The molecule has 65 heavy (non-hydrogen) atoms. The fraction of sp³-hybridized carbons (Fsp3) is 0.981. The highest BCUT2D eigenvalue weighted by Gasteiger charge is 2.66. The van der Waals surface area contributed by atoms with Crippen LogP contribution in [0.25, 0.3) is 0 Å². The van der Waals surface area contributed by atoms with Crippen molar-refractivity contribution in [1.82, 2.24) is 0 Å². The molecule has 0 radical (unpaired) electrons. The zero-order valence-electron chi connectivity index (χ0n) is 42.3. The van der Waals surface area contributed by atoms with Crippen LogP contribution < -0.4 is 0 Å². The Bertz CT molecular complexity index is 1640. The third-order valence-corrected chi connectivity index (χ3v) is 21.9. The van der Waals surface area contributed by atoms with E-state index in [9.17, 15) is 33.6 Å². The van der Waals surface area contributed by atoms with E-state index in [1.807, 2.05) is 27.7 Å². The summed E-state index contributed by atoms with van der Waals surface area (Å²) in [4.78, 5) is 11.1. The predicted molar refractivity (Wildman–Crippen MR) is 261 cm³/mol. The molecular formula is C54H100O10S. The van der Waals surface area contributed by atoms with E-state index in [2.05, 4.69) is 59.6 Å². The van der Waals surface area contributed by atoms with Gasteiger partial charge in [-0.05, 0) is 207 Å². The van der Waals surface area contributed by atoms with Gasteiger partial charge in [0.2, 0.25) is 0 Å². The van der Waals surface area contributed by atoms with Crippen LogP contribution in [0.15, 0.2) is 0 Å². The van der Waals surface area contributed by atoms with Crippen molar-refractivity contribution in [2.45, 2.75) is 224 Å². The molecule has 10 nitrogen and oxygen atoms in total. The van der Waals surface area contributed by atoms with Gasteiger partial charge in [0, 0.05) is 6.42 Å². The molecule has 6 N–H and O–H groups in total. The van der Waals surface area contributed by atoms with Crippen LogP contribution in [-0.2, 0) is 19.4 Å². The SMILES string of the molecule is C.CC.CC.C[C@H]1[C@@H](O)C2C3CC[C@H]([C@H](C)CCC(=O)O)[C@@]3(C)CCC2[C@@]2(C)CC[C@@H](O)C[C@@H]12.C[C@H]1[C@@H](O)C2C3CC[C@H]([C@H](C)CCOS(=O)(=O)O)[C@@]3(C)CCC2[C@@]2(C)CC[C@@H](O)C[C@@H]12. The Balaban J connectivity index is 0.000000261. The lowest BCUT2D eigenvalue weighted by molar-refractivity contribution is -0.199. The van der Waals surface area contributed by atoms with Crippen molar-refractivity contribution in [3.8, 4) is 0 Å². The second-order valence-electron chi connectivity index (χ2n) is 23.7. The number of hydrogen-bond acceptors (Lipinski definition) is 8. The second kappa shape index (κ2) is 22.1. The number of carboxylic acids is 1. The average Bonchev–Trinajstić information content (AvgIpc) is 3.80. The first kappa shape index (κ1) is 56.8. The van der Waals surface area contributed by atoms with Crippen LogP contribution in [0.1, 0.15) is 200 Å². The van der Waals surface area contributed by atoms with Gasteiger partial charge in [-0.3, -0.25) is 9.35 Å². The first-order valence-corrected chi connectivity index (χ1v) is 27.9. The molecule has 382 valence electrons. The summed E-state index contributed by atoms with van der Waals surface area (Å²) in [5, 5.41) is 52.8. The highest BCUT2D eigenvalue weighted by molar-refractivity contribution is 7.80. The van der Waals surface area contributed by atoms with Gasteiger partial charge < -0.3 is 25.5 Å². The molecule has 0 aliphatic heterocycles. The van der Waals surface area contributed by atoms with Gasteiger partial charge in [0.25, 0.3) is 0 Å². The Morgan fingerprint density at radius 1 is 0.585 bits per heavy atom. The molecule has 0 saturated heterocycles. The molecule has 0 spiro atoms. The van der Waals surface area contributed by atoms with Crippen LogP contribution in [-0.4, -0.2) is 75.5 Å². The van der Waals surface area contributed by atoms with E-state index in [4.69, 9.17) is 9.66 Å². The van der Waals surface area contributed by atoms with Crippen LogP contribution in [0.3, 0.4) is 0 Å². The number of aliphatic carboxylic acids is 1. The van der Waals surface area contributed by atoms with E-state index in [-0.39, 0.29) is 78.4 Å². The number of fused-ring (bicyclic) bond motifs is 10. The topological polar surface area (TPSA) is 182 Å². The monoisotopic (exact) mass is 941 g/mol.